The van der Waals surface area contributed by atoms with Crippen LogP contribution in [0.4, 0.5) is 0 Å². The van der Waals surface area contributed by atoms with Crippen molar-refractivity contribution in [1.82, 2.24) is 0 Å². The maximum atomic E-state index is 12.2. The highest BCUT2D eigenvalue weighted by Gasteiger charge is 2.42. The Labute approximate surface area is 249 Å². The third-order valence-corrected chi connectivity index (χ3v) is 13.0. The van der Waals surface area contributed by atoms with E-state index in [4.69, 9.17) is 18.6 Å². The van der Waals surface area contributed by atoms with Crippen molar-refractivity contribution in [3.8, 4) is 11.5 Å². The van der Waals surface area contributed by atoms with Gasteiger partial charge in [-0.3, -0.25) is 4.79 Å². The Bertz CT molecular complexity index is 989. The monoisotopic (exact) mass is 593 g/mol. The summed E-state index contributed by atoms with van der Waals surface area (Å²) in [6, 6.07) is 5.49. The Balaban J connectivity index is 3.37. The molecule has 41 heavy (non-hydrogen) atoms. The number of ether oxygens (including phenoxy) is 3. The highest BCUT2D eigenvalue weighted by molar-refractivity contribution is 6.74. The van der Waals surface area contributed by atoms with Crippen LogP contribution < -0.4 is 9.47 Å². The largest absolute Gasteiger partial charge is 0.493 e. The number of azide groups is 1. The number of methoxy groups -OCH3 is 2. The fraction of sp³-hybridized carbons (Fsp3) is 0.774. The van der Waals surface area contributed by atoms with Crippen LogP contribution in [-0.2, 0) is 20.4 Å². The summed E-state index contributed by atoms with van der Waals surface area (Å²) in [6.07, 6.45) is 1.91. The van der Waals surface area contributed by atoms with Crippen LogP contribution in [-0.4, -0.2) is 59.0 Å². The molecule has 1 unspecified atom stereocenters. The first-order valence-corrected chi connectivity index (χ1v) is 17.7. The van der Waals surface area contributed by atoms with Crippen molar-refractivity contribution in [3.05, 3.63) is 34.2 Å². The zero-order valence-electron chi connectivity index (χ0n) is 27.3. The molecule has 1 N–H and O–H groups in total. The molecule has 1 aromatic rings. The zero-order chi connectivity index (χ0) is 31.4. The molecule has 0 aliphatic carbocycles. The van der Waals surface area contributed by atoms with Gasteiger partial charge in [-0.15, -0.1) is 0 Å². The van der Waals surface area contributed by atoms with Crippen molar-refractivity contribution < 1.29 is 28.5 Å². The van der Waals surface area contributed by atoms with Crippen LogP contribution >= 0.6 is 0 Å². The second-order valence-electron chi connectivity index (χ2n) is 13.2. The van der Waals surface area contributed by atoms with Gasteiger partial charge >= 0.3 is 5.97 Å². The van der Waals surface area contributed by atoms with E-state index >= 15 is 0 Å². The second kappa shape index (κ2) is 17.0. The van der Waals surface area contributed by atoms with Gasteiger partial charge in [-0.05, 0) is 78.4 Å². The lowest BCUT2D eigenvalue weighted by Gasteiger charge is -2.42. The van der Waals surface area contributed by atoms with Crippen LogP contribution in [0.15, 0.2) is 23.3 Å². The smallest absolute Gasteiger partial charge is 0.306 e. The van der Waals surface area contributed by atoms with Crippen molar-refractivity contribution in [2.24, 2.45) is 28.8 Å². The van der Waals surface area contributed by atoms with Gasteiger partial charge in [0.05, 0.1) is 31.8 Å². The lowest BCUT2D eigenvalue weighted by molar-refractivity contribution is -0.144. The van der Waals surface area contributed by atoms with E-state index in [-0.39, 0.29) is 22.8 Å². The molecule has 9 nitrogen and oxygen atoms in total. The highest BCUT2D eigenvalue weighted by Crippen LogP contribution is 2.40. The predicted octanol–water partition coefficient (Wildman–Crippen LogP) is 8.13. The van der Waals surface area contributed by atoms with Crippen LogP contribution in [0, 0.1) is 23.7 Å². The molecule has 1 rings (SSSR count). The topological polar surface area (TPSA) is 123 Å². The summed E-state index contributed by atoms with van der Waals surface area (Å²) in [5, 5.41) is 14.2. The molecule has 4 atom stereocenters. The van der Waals surface area contributed by atoms with Crippen molar-refractivity contribution in [2.45, 2.75) is 104 Å². The van der Waals surface area contributed by atoms with Gasteiger partial charge in [0.1, 0.15) is 0 Å². The van der Waals surface area contributed by atoms with Crippen LogP contribution in [0.5, 0.6) is 11.5 Å². The Morgan fingerprint density at radius 1 is 1.05 bits per heavy atom. The van der Waals surface area contributed by atoms with Crippen LogP contribution in [0.3, 0.4) is 0 Å². The van der Waals surface area contributed by atoms with Gasteiger partial charge in [-0.2, -0.15) is 0 Å². The summed E-state index contributed by atoms with van der Waals surface area (Å²) >= 11 is 0. The molecular weight excluding hydrogens is 538 g/mol. The first kappa shape index (κ1) is 36.8. The number of nitrogens with zero attached hydrogens (tertiary/aromatic N) is 3. The summed E-state index contributed by atoms with van der Waals surface area (Å²) < 4.78 is 23.5. The van der Waals surface area contributed by atoms with Gasteiger partial charge in [0.15, 0.2) is 19.8 Å². The van der Waals surface area contributed by atoms with Crippen LogP contribution in [0.25, 0.3) is 10.4 Å². The number of hydrogen-bond donors (Lipinski definition) is 1. The summed E-state index contributed by atoms with van der Waals surface area (Å²) in [5.41, 5.74) is 10.7. The molecule has 0 fully saturated rings. The lowest BCUT2D eigenvalue weighted by Crippen LogP contribution is -2.48. The molecule has 0 aromatic heterocycles. The van der Waals surface area contributed by atoms with E-state index < -0.39 is 32.4 Å². The van der Waals surface area contributed by atoms with Crippen LogP contribution in [0.2, 0.25) is 18.1 Å². The highest BCUT2D eigenvalue weighted by atomic mass is 28.4. The quantitative estimate of drug-likeness (QED) is 0.0568. The fourth-order valence-electron chi connectivity index (χ4n) is 4.64. The first-order valence-electron chi connectivity index (χ1n) is 14.8. The van der Waals surface area contributed by atoms with Gasteiger partial charge in [0.25, 0.3) is 0 Å². The van der Waals surface area contributed by atoms with Gasteiger partial charge in [-0.25, -0.2) is 0 Å². The summed E-state index contributed by atoms with van der Waals surface area (Å²) in [7, 11) is 0.996. The van der Waals surface area contributed by atoms with Gasteiger partial charge < -0.3 is 23.7 Å². The van der Waals surface area contributed by atoms with E-state index in [1.54, 1.807) is 14.2 Å². The average Bonchev–Trinajstić information content (AvgIpc) is 2.87. The van der Waals surface area contributed by atoms with Crippen molar-refractivity contribution in [2.75, 3.05) is 27.4 Å². The van der Waals surface area contributed by atoms with Crippen LogP contribution in [0.1, 0.15) is 73.3 Å². The maximum Gasteiger partial charge on any atom is 0.306 e. The average molecular weight is 594 g/mol. The number of rotatable bonds is 19. The Morgan fingerprint density at radius 3 is 2.20 bits per heavy atom. The van der Waals surface area contributed by atoms with E-state index in [9.17, 15) is 15.4 Å². The molecule has 0 bridgehead atoms. The summed E-state index contributed by atoms with van der Waals surface area (Å²) in [5.74, 6) is 0.290. The second-order valence-corrected chi connectivity index (χ2v) is 18.0. The molecule has 234 valence electrons. The number of carboxylic acids is 1. The van der Waals surface area contributed by atoms with Gasteiger partial charge in [0, 0.05) is 25.0 Å². The lowest BCUT2D eigenvalue weighted by atomic mass is 9.81. The minimum atomic E-state index is -2.30. The number of aliphatic carboxylic acids is 1. The molecule has 0 aliphatic rings. The SMILES string of the molecule is COCCCOc1cc(C[C@@H](C[C@H](N=[N+]=[N-])[C@H](CC(C(=O)O)C(C)C)O[Si](C)(C)C(C)(C)C)C(C)C)ccc1OC. The molecule has 0 amide bonds. The van der Waals surface area contributed by atoms with Crippen molar-refractivity contribution >= 4 is 14.3 Å². The fourth-order valence-corrected chi connectivity index (χ4v) is 6.00. The third kappa shape index (κ3) is 11.9. The minimum absolute atomic E-state index is 0.0766. The normalized spacial score (nSPS) is 15.2. The van der Waals surface area contributed by atoms with Gasteiger partial charge in [0.2, 0.25) is 0 Å². The Hall–Kier alpha value is -2.26. The standard InChI is InChI=1S/C31H55N3O6Si/c1-21(2)24(17-23-13-14-27(38-9)29(18-23)39-16-12-15-37-8)19-26(33-34-32)28(20-25(22(3)4)30(35)36)40-41(10,11)31(5,6)7/h13-14,18,21-22,24-26,28H,12,15-17,19-20H2,1-11H3,(H,35,36)/t24-,25?,26-,28-/m0/s1. The summed E-state index contributed by atoms with van der Waals surface area (Å²) in [6.45, 7) is 20.1. The van der Waals surface area contributed by atoms with E-state index in [1.807, 2.05) is 32.0 Å². The number of carbonyl (C=O) groups is 1. The minimum Gasteiger partial charge on any atom is -0.493 e. The summed E-state index contributed by atoms with van der Waals surface area (Å²) in [4.78, 5) is 15.4. The van der Waals surface area contributed by atoms with E-state index in [0.29, 0.717) is 37.6 Å². The molecule has 0 radical (unpaired) electrons. The van der Waals surface area contributed by atoms with E-state index in [0.717, 1.165) is 18.4 Å². The molecule has 0 spiro atoms. The third-order valence-electron chi connectivity index (χ3n) is 8.45. The first-order chi connectivity index (χ1) is 19.1. The number of benzene rings is 1. The van der Waals surface area contributed by atoms with Gasteiger partial charge in [-0.1, -0.05) is 59.6 Å². The Morgan fingerprint density at radius 2 is 1.71 bits per heavy atom. The van der Waals surface area contributed by atoms with Crippen molar-refractivity contribution in [3.63, 3.8) is 0 Å². The number of hydrogen-bond acceptors (Lipinski definition) is 6. The van der Waals surface area contributed by atoms with E-state index in [1.165, 1.54) is 0 Å². The zero-order valence-corrected chi connectivity index (χ0v) is 28.3. The molecule has 10 heteroatoms. The predicted molar refractivity (Wildman–Crippen MR) is 167 cm³/mol. The molecule has 0 aliphatic heterocycles. The molecule has 0 heterocycles. The number of carboxylic acid groups (broad SMARTS) is 1. The van der Waals surface area contributed by atoms with E-state index in [2.05, 4.69) is 57.7 Å². The molecule has 1 aromatic carbocycles. The Kier molecular flexibility index (Phi) is 15.2. The molecule has 0 saturated heterocycles. The molecule has 0 saturated carbocycles. The maximum absolute atomic E-state index is 12.2. The van der Waals surface area contributed by atoms with Crippen molar-refractivity contribution in [1.29, 1.82) is 0 Å². The molecular formula is C31H55N3O6Si.